The van der Waals surface area contributed by atoms with Gasteiger partial charge < -0.3 is 10.2 Å². The molecule has 3 nitrogen and oxygen atoms in total. The fourth-order valence-electron chi connectivity index (χ4n) is 1.24. The summed E-state index contributed by atoms with van der Waals surface area (Å²) in [6.07, 6.45) is 1.44. The van der Waals surface area contributed by atoms with Crippen LogP contribution in [0.1, 0.15) is 19.4 Å². The number of phenolic OH excluding ortho intramolecular Hbond substituents is 2. The van der Waals surface area contributed by atoms with Crippen LogP contribution in [0.2, 0.25) is 0 Å². The maximum Gasteiger partial charge on any atom is 0.152 e. The van der Waals surface area contributed by atoms with Crippen LogP contribution in [0.15, 0.2) is 24.3 Å². The Bertz CT molecular complexity index is 392. The van der Waals surface area contributed by atoms with Crippen molar-refractivity contribution in [1.29, 1.82) is 0 Å². The van der Waals surface area contributed by atoms with Gasteiger partial charge in [-0.2, -0.15) is 0 Å². The molecule has 1 rings (SSSR count). The van der Waals surface area contributed by atoms with Crippen molar-refractivity contribution in [2.45, 2.75) is 13.8 Å². The van der Waals surface area contributed by atoms with Crippen molar-refractivity contribution in [3.63, 3.8) is 0 Å². The van der Waals surface area contributed by atoms with Crippen LogP contribution in [-0.4, -0.2) is 16.0 Å². The molecule has 0 heterocycles. The fourth-order valence-corrected chi connectivity index (χ4v) is 1.24. The van der Waals surface area contributed by atoms with Crippen molar-refractivity contribution in [2.24, 2.45) is 0 Å². The second kappa shape index (κ2) is 3.96. The molecule has 0 unspecified atom stereocenters. The highest BCUT2D eigenvalue weighted by Gasteiger charge is 2.04. The van der Waals surface area contributed by atoms with Crippen molar-refractivity contribution in [1.82, 2.24) is 0 Å². The van der Waals surface area contributed by atoms with Crippen LogP contribution in [0.3, 0.4) is 0 Å². The number of carbonyl (C=O) groups is 1. The first kappa shape index (κ1) is 10.3. The van der Waals surface area contributed by atoms with Gasteiger partial charge in [-0.25, -0.2) is 0 Å². The van der Waals surface area contributed by atoms with Crippen LogP contribution < -0.4 is 0 Å². The second-order valence-corrected chi connectivity index (χ2v) is 3.14. The second-order valence-electron chi connectivity index (χ2n) is 3.14. The van der Waals surface area contributed by atoms with Crippen molar-refractivity contribution in [3.8, 4) is 11.5 Å². The predicted molar refractivity (Wildman–Crippen MR) is 54.1 cm³/mol. The molecule has 0 saturated carbocycles. The van der Waals surface area contributed by atoms with Gasteiger partial charge in [0, 0.05) is 11.6 Å². The molecule has 1 aromatic carbocycles. The molecule has 1 aromatic rings. The molecule has 2 N–H and O–H groups in total. The highest BCUT2D eigenvalue weighted by atomic mass is 16.3. The molecule has 74 valence electrons. The molecule has 3 heteroatoms. The summed E-state index contributed by atoms with van der Waals surface area (Å²) in [5, 5.41) is 18.5. The molecular formula is C11H12O3. The third kappa shape index (κ3) is 2.36. The Hall–Kier alpha value is -1.77. The molecule has 0 aliphatic heterocycles. The largest absolute Gasteiger partial charge is 0.508 e. The number of phenols is 2. The lowest BCUT2D eigenvalue weighted by atomic mass is 10.1. The topological polar surface area (TPSA) is 57.5 Å². The number of carbonyl (C=O) groups excluding carboxylic acids is 1. The van der Waals surface area contributed by atoms with Crippen molar-refractivity contribution in [3.05, 3.63) is 29.8 Å². The van der Waals surface area contributed by atoms with E-state index in [1.807, 2.05) is 0 Å². The van der Waals surface area contributed by atoms with Crippen LogP contribution in [0, 0.1) is 0 Å². The Morgan fingerprint density at radius 3 is 2.43 bits per heavy atom. The van der Waals surface area contributed by atoms with Crippen LogP contribution in [-0.2, 0) is 4.79 Å². The summed E-state index contributed by atoms with van der Waals surface area (Å²) < 4.78 is 0. The summed E-state index contributed by atoms with van der Waals surface area (Å²) in [6, 6.07) is 4.28. The molecule has 0 aliphatic carbocycles. The fraction of sp³-hybridized carbons (Fsp3) is 0.182. The maximum atomic E-state index is 10.8. The van der Waals surface area contributed by atoms with Gasteiger partial charge in [0.25, 0.3) is 0 Å². The van der Waals surface area contributed by atoms with Gasteiger partial charge in [0.15, 0.2) is 5.78 Å². The standard InChI is InChI=1S/C11H12O3/c1-7(5-8(2)12)10-4-3-9(13)6-11(10)14/h3-6,13-14H,1-2H3/b7-5+. The van der Waals surface area contributed by atoms with Crippen molar-refractivity contribution >= 4 is 11.4 Å². The van der Waals surface area contributed by atoms with Crippen LogP contribution in [0.25, 0.3) is 5.57 Å². The normalized spacial score (nSPS) is 11.4. The van der Waals surface area contributed by atoms with E-state index in [4.69, 9.17) is 5.11 Å². The molecular weight excluding hydrogens is 180 g/mol. The van der Waals surface area contributed by atoms with E-state index in [2.05, 4.69) is 0 Å². The third-order valence-electron chi connectivity index (χ3n) is 1.83. The van der Waals surface area contributed by atoms with Gasteiger partial charge in [0.05, 0.1) is 0 Å². The van der Waals surface area contributed by atoms with Gasteiger partial charge in [-0.3, -0.25) is 4.79 Å². The number of aromatic hydroxyl groups is 2. The molecule has 14 heavy (non-hydrogen) atoms. The van der Waals surface area contributed by atoms with Crippen molar-refractivity contribution in [2.75, 3.05) is 0 Å². The number of hydrogen-bond acceptors (Lipinski definition) is 3. The molecule has 0 amide bonds. The first-order valence-corrected chi connectivity index (χ1v) is 4.22. The Morgan fingerprint density at radius 1 is 1.29 bits per heavy atom. The average Bonchev–Trinajstić information content (AvgIpc) is 2.01. The number of benzene rings is 1. The van der Waals surface area contributed by atoms with E-state index in [1.165, 1.54) is 25.1 Å². The van der Waals surface area contributed by atoms with Crippen molar-refractivity contribution < 1.29 is 15.0 Å². The summed E-state index contributed by atoms with van der Waals surface area (Å²) in [5.74, 6) is -0.100. The molecule has 0 spiro atoms. The van der Waals surface area contributed by atoms with Gasteiger partial charge in [-0.1, -0.05) is 0 Å². The summed E-state index contributed by atoms with van der Waals surface area (Å²) in [5.41, 5.74) is 1.23. The van der Waals surface area contributed by atoms with E-state index in [-0.39, 0.29) is 17.3 Å². The Labute approximate surface area is 82.3 Å². The number of rotatable bonds is 2. The average molecular weight is 192 g/mol. The molecule has 0 fully saturated rings. The first-order chi connectivity index (χ1) is 6.50. The monoisotopic (exact) mass is 192 g/mol. The van der Waals surface area contributed by atoms with Gasteiger partial charge in [-0.05, 0) is 37.6 Å². The molecule has 0 aromatic heterocycles. The molecule has 0 radical (unpaired) electrons. The minimum absolute atomic E-state index is 0.00174. The Morgan fingerprint density at radius 2 is 1.93 bits per heavy atom. The van der Waals surface area contributed by atoms with E-state index in [9.17, 15) is 9.90 Å². The lowest BCUT2D eigenvalue weighted by Crippen LogP contribution is -1.86. The minimum atomic E-state index is -0.0741. The molecule has 0 atom stereocenters. The quantitative estimate of drug-likeness (QED) is 0.705. The third-order valence-corrected chi connectivity index (χ3v) is 1.83. The number of ketones is 1. The van der Waals surface area contributed by atoms with Gasteiger partial charge in [0.2, 0.25) is 0 Å². The van der Waals surface area contributed by atoms with Crippen LogP contribution >= 0.6 is 0 Å². The summed E-state index contributed by atoms with van der Waals surface area (Å²) in [4.78, 5) is 10.8. The minimum Gasteiger partial charge on any atom is -0.508 e. The zero-order valence-corrected chi connectivity index (χ0v) is 8.11. The number of hydrogen-bond donors (Lipinski definition) is 2. The Kier molecular flexibility index (Phi) is 2.92. The zero-order chi connectivity index (χ0) is 10.7. The summed E-state index contributed by atoms with van der Waals surface area (Å²) in [6.45, 7) is 3.18. The predicted octanol–water partition coefficient (Wildman–Crippen LogP) is 2.09. The highest BCUT2D eigenvalue weighted by Crippen LogP contribution is 2.28. The summed E-state index contributed by atoms with van der Waals surface area (Å²) >= 11 is 0. The molecule has 0 bridgehead atoms. The lowest BCUT2D eigenvalue weighted by Gasteiger charge is -2.04. The zero-order valence-electron chi connectivity index (χ0n) is 8.11. The SMILES string of the molecule is CC(=O)/C=C(\C)c1ccc(O)cc1O. The van der Waals surface area contributed by atoms with Gasteiger partial charge in [-0.15, -0.1) is 0 Å². The Balaban J connectivity index is 3.14. The van der Waals surface area contributed by atoms with Crippen LogP contribution in [0.4, 0.5) is 0 Å². The van der Waals surface area contributed by atoms with E-state index >= 15 is 0 Å². The first-order valence-electron chi connectivity index (χ1n) is 4.22. The van der Waals surface area contributed by atoms with E-state index in [0.717, 1.165) is 0 Å². The van der Waals surface area contributed by atoms with E-state index < -0.39 is 0 Å². The maximum absolute atomic E-state index is 10.8. The smallest absolute Gasteiger partial charge is 0.152 e. The molecule has 0 saturated heterocycles. The number of allylic oxidation sites excluding steroid dienone is 2. The van der Waals surface area contributed by atoms with Crippen LogP contribution in [0.5, 0.6) is 11.5 Å². The van der Waals surface area contributed by atoms with E-state index in [0.29, 0.717) is 11.1 Å². The summed E-state index contributed by atoms with van der Waals surface area (Å²) in [7, 11) is 0. The van der Waals surface area contributed by atoms with Gasteiger partial charge in [0.1, 0.15) is 11.5 Å². The lowest BCUT2D eigenvalue weighted by molar-refractivity contribution is -0.112. The van der Waals surface area contributed by atoms with E-state index in [1.54, 1.807) is 13.0 Å². The highest BCUT2D eigenvalue weighted by molar-refractivity contribution is 5.95. The van der Waals surface area contributed by atoms with Gasteiger partial charge >= 0.3 is 0 Å². The molecule has 0 aliphatic rings.